The van der Waals surface area contributed by atoms with E-state index >= 15 is 0 Å². The quantitative estimate of drug-likeness (QED) is 0.344. The highest BCUT2D eigenvalue weighted by Crippen LogP contribution is 2.36. The second kappa shape index (κ2) is 9.01. The Morgan fingerprint density at radius 3 is 2.67 bits per heavy atom. The summed E-state index contributed by atoms with van der Waals surface area (Å²) in [5.41, 5.74) is 0. The summed E-state index contributed by atoms with van der Waals surface area (Å²) in [4.78, 5) is 0. The van der Waals surface area contributed by atoms with Crippen molar-refractivity contribution >= 4 is 52.8 Å². The van der Waals surface area contributed by atoms with Gasteiger partial charge in [-0.15, -0.1) is 10.2 Å². The van der Waals surface area contributed by atoms with Crippen molar-refractivity contribution in [3.8, 4) is 5.75 Å². The summed E-state index contributed by atoms with van der Waals surface area (Å²) in [6.07, 6.45) is 1.60. The first-order valence-corrected chi connectivity index (χ1v) is 10.0. The molecule has 0 aliphatic rings. The smallest absolute Gasteiger partial charge is 0.212 e. The number of thioether (sulfide) groups is 1. The average Bonchev–Trinajstić information content (AvgIpc) is 3.19. The molecular formula is C17H15Cl3N4O2S. The molecule has 0 radical (unpaired) electrons. The number of nitrogens with zero attached hydrogens (tertiary/aromatic N) is 4. The van der Waals surface area contributed by atoms with E-state index in [0.717, 1.165) is 10.9 Å². The van der Waals surface area contributed by atoms with Crippen LogP contribution in [0.1, 0.15) is 24.3 Å². The van der Waals surface area contributed by atoms with E-state index in [-0.39, 0.29) is 6.61 Å². The lowest BCUT2D eigenvalue weighted by Crippen LogP contribution is -1.96. The maximum Gasteiger partial charge on any atom is 0.212 e. The third kappa shape index (κ3) is 4.99. The second-order valence-electron chi connectivity index (χ2n) is 5.31. The molecule has 0 atom stereocenters. The topological polar surface area (TPSA) is 65.4 Å². The van der Waals surface area contributed by atoms with Crippen molar-refractivity contribution in [2.45, 2.75) is 25.6 Å². The molecule has 2 heterocycles. The van der Waals surface area contributed by atoms with Gasteiger partial charge in [-0.25, -0.2) is 0 Å². The van der Waals surface area contributed by atoms with Crippen LogP contribution in [0.2, 0.25) is 15.1 Å². The van der Waals surface area contributed by atoms with Crippen LogP contribution in [0.4, 0.5) is 0 Å². The molecule has 0 saturated heterocycles. The van der Waals surface area contributed by atoms with Gasteiger partial charge < -0.3 is 9.15 Å². The van der Waals surface area contributed by atoms with E-state index in [1.54, 1.807) is 46.9 Å². The van der Waals surface area contributed by atoms with Crippen LogP contribution in [0.5, 0.6) is 5.75 Å². The highest BCUT2D eigenvalue weighted by molar-refractivity contribution is 7.99. The minimum absolute atomic E-state index is 0.164. The average molecular weight is 446 g/mol. The molecule has 0 spiro atoms. The molecule has 0 bridgehead atoms. The van der Waals surface area contributed by atoms with Gasteiger partial charge in [-0.2, -0.15) is 9.78 Å². The number of ether oxygens (including phenoxy) is 1. The number of rotatable bonds is 7. The Bertz CT molecular complexity index is 948. The predicted octanol–water partition coefficient (Wildman–Crippen LogP) is 5.71. The first-order valence-electron chi connectivity index (χ1n) is 7.93. The van der Waals surface area contributed by atoms with Crippen LogP contribution in [0.3, 0.4) is 0 Å². The third-order valence-electron chi connectivity index (χ3n) is 3.35. The van der Waals surface area contributed by atoms with Gasteiger partial charge in [0.05, 0.1) is 16.3 Å². The lowest BCUT2D eigenvalue weighted by atomic mass is 10.3. The number of benzene rings is 1. The second-order valence-corrected chi connectivity index (χ2v) is 7.79. The zero-order valence-corrected chi connectivity index (χ0v) is 17.5. The zero-order chi connectivity index (χ0) is 19.4. The number of halogens is 3. The van der Waals surface area contributed by atoms with Gasteiger partial charge in [-0.05, 0) is 36.9 Å². The summed E-state index contributed by atoms with van der Waals surface area (Å²) in [6.45, 7) is 4.04. The fourth-order valence-corrected chi connectivity index (χ4v) is 3.74. The minimum atomic E-state index is 0.164. The molecule has 142 valence electrons. The predicted molar refractivity (Wildman–Crippen MR) is 109 cm³/mol. The molecule has 0 aliphatic heterocycles. The Kier molecular flexibility index (Phi) is 6.70. The van der Waals surface area contributed by atoms with Crippen LogP contribution in [0.25, 0.3) is 0 Å². The SMILES string of the molecule is CCSc1nnc(C)n1N=Cc1ccc(COc2c(Cl)cc(Cl)cc2Cl)o1. The Morgan fingerprint density at radius 2 is 1.96 bits per heavy atom. The number of aryl methyl sites for hydroxylation is 1. The van der Waals surface area contributed by atoms with Crippen LogP contribution in [-0.2, 0) is 6.61 Å². The fourth-order valence-electron chi connectivity index (χ4n) is 2.16. The van der Waals surface area contributed by atoms with E-state index in [9.17, 15) is 0 Å². The van der Waals surface area contributed by atoms with Gasteiger partial charge in [0.15, 0.2) is 11.6 Å². The molecule has 0 N–H and O–H groups in total. The highest BCUT2D eigenvalue weighted by Gasteiger charge is 2.11. The van der Waals surface area contributed by atoms with E-state index in [4.69, 9.17) is 44.0 Å². The van der Waals surface area contributed by atoms with Crippen molar-refractivity contribution in [2.75, 3.05) is 5.75 Å². The summed E-state index contributed by atoms with van der Waals surface area (Å²) < 4.78 is 13.0. The molecule has 0 saturated carbocycles. The van der Waals surface area contributed by atoms with E-state index in [1.165, 1.54) is 0 Å². The number of aromatic nitrogens is 3. The van der Waals surface area contributed by atoms with Crippen LogP contribution < -0.4 is 4.74 Å². The van der Waals surface area contributed by atoms with E-state index in [1.807, 2.05) is 13.8 Å². The maximum absolute atomic E-state index is 6.11. The van der Waals surface area contributed by atoms with Crippen LogP contribution in [0.15, 0.2) is 38.9 Å². The van der Waals surface area contributed by atoms with Crippen LogP contribution in [-0.4, -0.2) is 26.8 Å². The molecule has 0 aliphatic carbocycles. The Labute approximate surface area is 175 Å². The highest BCUT2D eigenvalue weighted by atomic mass is 35.5. The molecule has 3 aromatic rings. The summed E-state index contributed by atoms with van der Waals surface area (Å²) in [7, 11) is 0. The first-order chi connectivity index (χ1) is 13.0. The summed E-state index contributed by atoms with van der Waals surface area (Å²) in [6, 6.07) is 6.72. The molecule has 2 aromatic heterocycles. The normalized spacial score (nSPS) is 11.4. The van der Waals surface area contributed by atoms with Gasteiger partial charge in [0.1, 0.15) is 18.1 Å². The Hall–Kier alpha value is -1.67. The van der Waals surface area contributed by atoms with Crippen molar-refractivity contribution in [1.29, 1.82) is 0 Å². The lowest BCUT2D eigenvalue weighted by Gasteiger charge is -2.08. The van der Waals surface area contributed by atoms with Gasteiger partial charge in [0, 0.05) is 5.02 Å². The molecule has 0 amide bonds. The van der Waals surface area contributed by atoms with Crippen molar-refractivity contribution < 1.29 is 9.15 Å². The van der Waals surface area contributed by atoms with Gasteiger partial charge in [-0.1, -0.05) is 53.5 Å². The van der Waals surface area contributed by atoms with Crippen LogP contribution >= 0.6 is 46.6 Å². The summed E-state index contributed by atoms with van der Waals surface area (Å²) in [5, 5.41) is 14.3. The molecule has 1 aromatic carbocycles. The van der Waals surface area contributed by atoms with Gasteiger partial charge in [-0.3, -0.25) is 0 Å². The maximum atomic E-state index is 6.11. The standard InChI is InChI=1S/C17H15Cl3N4O2S/c1-3-27-17-23-22-10(2)24(17)21-8-12-4-5-13(26-12)9-25-16-14(19)6-11(18)7-15(16)20/h4-8H,3,9H2,1-2H3. The molecule has 6 nitrogen and oxygen atoms in total. The monoisotopic (exact) mass is 444 g/mol. The Balaban J connectivity index is 1.68. The summed E-state index contributed by atoms with van der Waals surface area (Å²) >= 11 is 19.7. The Morgan fingerprint density at radius 1 is 1.22 bits per heavy atom. The van der Waals surface area contributed by atoms with Crippen LogP contribution in [0, 0.1) is 6.92 Å². The molecule has 0 unspecified atom stereocenters. The van der Waals surface area contributed by atoms with Crippen molar-refractivity contribution in [3.05, 3.63) is 56.7 Å². The number of hydrogen-bond acceptors (Lipinski definition) is 6. The van der Waals surface area contributed by atoms with E-state index in [2.05, 4.69) is 15.3 Å². The molecule has 27 heavy (non-hydrogen) atoms. The van der Waals surface area contributed by atoms with E-state index < -0.39 is 0 Å². The summed E-state index contributed by atoms with van der Waals surface area (Å²) in [5.74, 6) is 3.11. The largest absolute Gasteiger partial charge is 0.483 e. The molecule has 0 fully saturated rings. The third-order valence-corrected chi connectivity index (χ3v) is 4.93. The fraction of sp³-hybridized carbons (Fsp3) is 0.235. The zero-order valence-electron chi connectivity index (χ0n) is 14.4. The number of hydrogen-bond donors (Lipinski definition) is 0. The molecule has 3 rings (SSSR count). The number of furan rings is 1. The minimum Gasteiger partial charge on any atom is -0.483 e. The lowest BCUT2D eigenvalue weighted by molar-refractivity contribution is 0.270. The molecular weight excluding hydrogens is 431 g/mol. The van der Waals surface area contributed by atoms with E-state index in [0.29, 0.717) is 38.2 Å². The van der Waals surface area contributed by atoms with Crippen molar-refractivity contribution in [2.24, 2.45) is 5.10 Å². The van der Waals surface area contributed by atoms with Gasteiger partial charge in [0.25, 0.3) is 0 Å². The van der Waals surface area contributed by atoms with Gasteiger partial charge >= 0.3 is 0 Å². The van der Waals surface area contributed by atoms with Gasteiger partial charge in [0.2, 0.25) is 5.16 Å². The van der Waals surface area contributed by atoms with Crippen molar-refractivity contribution in [1.82, 2.24) is 14.9 Å². The van der Waals surface area contributed by atoms with Crippen molar-refractivity contribution in [3.63, 3.8) is 0 Å². The first kappa shape index (κ1) is 20.1. The molecule has 10 heteroatoms.